The third kappa shape index (κ3) is 3.74. The molecule has 6 heteroatoms. The molecule has 0 saturated heterocycles. The van der Waals surface area contributed by atoms with Gasteiger partial charge in [0, 0.05) is 23.4 Å². The summed E-state index contributed by atoms with van der Waals surface area (Å²) in [7, 11) is 0. The highest BCUT2D eigenvalue weighted by Gasteiger charge is 2.16. The number of rotatable bonds is 5. The predicted molar refractivity (Wildman–Crippen MR) is 110 cm³/mol. The Morgan fingerprint density at radius 2 is 1.83 bits per heavy atom. The van der Waals surface area contributed by atoms with Crippen LogP contribution in [-0.2, 0) is 17.6 Å². The van der Waals surface area contributed by atoms with Gasteiger partial charge in [-0.3, -0.25) is 4.79 Å². The Morgan fingerprint density at radius 3 is 2.59 bits per heavy atom. The maximum atomic E-state index is 12.5. The molecule has 6 nitrogen and oxygen atoms in total. The zero-order chi connectivity index (χ0) is 20.5. The molecule has 2 aromatic carbocycles. The van der Waals surface area contributed by atoms with Crippen molar-refractivity contribution in [3.05, 3.63) is 75.3 Å². The minimum Gasteiger partial charge on any atom is -0.508 e. The van der Waals surface area contributed by atoms with Crippen LogP contribution in [0.2, 0.25) is 0 Å². The number of hydrogen-bond donors (Lipinski definition) is 2. The number of fused-ring (bicyclic) bond motifs is 2. The molecule has 0 fully saturated rings. The summed E-state index contributed by atoms with van der Waals surface area (Å²) in [5, 5.41) is 13.9. The highest BCUT2D eigenvalue weighted by atomic mass is 16.4. The van der Waals surface area contributed by atoms with Gasteiger partial charge in [0.15, 0.2) is 0 Å². The number of nitrogens with one attached hydrogen (secondary N) is 1. The number of aryl methyl sites for hydroxylation is 2. The van der Waals surface area contributed by atoms with Crippen LogP contribution < -0.4 is 10.9 Å². The minimum absolute atomic E-state index is 0.0396. The molecule has 0 aliphatic rings. The average Bonchev–Trinajstić information content (AvgIpc) is 3.05. The van der Waals surface area contributed by atoms with Crippen molar-refractivity contribution < 1.29 is 18.7 Å². The molecule has 0 spiro atoms. The van der Waals surface area contributed by atoms with Crippen LogP contribution in [0.15, 0.2) is 56.3 Å². The molecule has 0 atom stereocenters. The van der Waals surface area contributed by atoms with E-state index in [1.165, 1.54) is 0 Å². The number of phenolic OH excluding ortho intramolecular Hbond substituents is 1. The third-order valence-electron chi connectivity index (χ3n) is 5.18. The monoisotopic (exact) mass is 391 g/mol. The number of furan rings is 1. The third-order valence-corrected chi connectivity index (χ3v) is 5.18. The summed E-state index contributed by atoms with van der Waals surface area (Å²) in [6.07, 6.45) is 2.26. The zero-order valence-corrected chi connectivity index (χ0v) is 16.2. The van der Waals surface area contributed by atoms with Crippen LogP contribution in [0, 0.1) is 13.8 Å². The fourth-order valence-corrected chi connectivity index (χ4v) is 3.47. The highest BCUT2D eigenvalue weighted by molar-refractivity contribution is 5.96. The number of carbonyl (C=O) groups is 1. The fourth-order valence-electron chi connectivity index (χ4n) is 3.47. The smallest absolute Gasteiger partial charge is 0.340 e. The Hall–Kier alpha value is -3.54. The van der Waals surface area contributed by atoms with E-state index in [1.54, 1.807) is 24.5 Å². The number of hydrogen-bond acceptors (Lipinski definition) is 5. The van der Waals surface area contributed by atoms with Crippen LogP contribution in [0.4, 0.5) is 0 Å². The van der Waals surface area contributed by atoms with Crippen molar-refractivity contribution in [2.75, 3.05) is 6.54 Å². The summed E-state index contributed by atoms with van der Waals surface area (Å²) >= 11 is 0. The second-order valence-corrected chi connectivity index (χ2v) is 7.20. The van der Waals surface area contributed by atoms with E-state index >= 15 is 0 Å². The van der Waals surface area contributed by atoms with Crippen molar-refractivity contribution in [3.8, 4) is 5.75 Å². The molecule has 4 aromatic rings. The quantitative estimate of drug-likeness (QED) is 0.505. The van der Waals surface area contributed by atoms with Crippen LogP contribution in [0.3, 0.4) is 0 Å². The van der Waals surface area contributed by atoms with Crippen LogP contribution in [0.1, 0.15) is 22.3 Å². The van der Waals surface area contributed by atoms with Gasteiger partial charge in [0.05, 0.1) is 18.2 Å². The topological polar surface area (TPSA) is 92.7 Å². The predicted octanol–water partition coefficient (Wildman–Crippen LogP) is 3.76. The van der Waals surface area contributed by atoms with E-state index < -0.39 is 5.63 Å². The van der Waals surface area contributed by atoms with Gasteiger partial charge in [-0.2, -0.15) is 0 Å². The van der Waals surface area contributed by atoms with Crippen LogP contribution in [0.25, 0.3) is 21.9 Å². The van der Waals surface area contributed by atoms with Gasteiger partial charge in [0.1, 0.15) is 16.9 Å². The first-order valence-corrected chi connectivity index (χ1v) is 9.41. The summed E-state index contributed by atoms with van der Waals surface area (Å²) in [6.45, 7) is 4.23. The van der Waals surface area contributed by atoms with E-state index in [9.17, 15) is 14.7 Å². The normalized spacial score (nSPS) is 11.2. The average molecular weight is 391 g/mol. The van der Waals surface area contributed by atoms with Gasteiger partial charge in [0.2, 0.25) is 5.91 Å². The molecule has 2 aromatic heterocycles. The lowest BCUT2D eigenvalue weighted by molar-refractivity contribution is -0.120. The van der Waals surface area contributed by atoms with Gasteiger partial charge in [-0.25, -0.2) is 4.79 Å². The molecule has 0 aliphatic carbocycles. The Kier molecular flexibility index (Phi) is 4.84. The zero-order valence-electron chi connectivity index (χ0n) is 16.2. The first-order chi connectivity index (χ1) is 13.9. The van der Waals surface area contributed by atoms with Gasteiger partial charge in [0.25, 0.3) is 0 Å². The number of amides is 1. The Balaban J connectivity index is 1.52. The fraction of sp³-hybridized carbons (Fsp3) is 0.217. The van der Waals surface area contributed by atoms with Crippen LogP contribution in [0.5, 0.6) is 5.75 Å². The molecule has 0 radical (unpaired) electrons. The second kappa shape index (κ2) is 7.47. The van der Waals surface area contributed by atoms with E-state index in [-0.39, 0.29) is 18.1 Å². The first-order valence-electron chi connectivity index (χ1n) is 9.41. The van der Waals surface area contributed by atoms with Crippen molar-refractivity contribution in [2.24, 2.45) is 0 Å². The summed E-state index contributed by atoms with van der Waals surface area (Å²) in [5.74, 6) is -0.0294. The first kappa shape index (κ1) is 18.8. The summed E-state index contributed by atoms with van der Waals surface area (Å²) in [5.41, 5.74) is 3.71. The number of benzene rings is 2. The Bertz CT molecular complexity index is 1260. The van der Waals surface area contributed by atoms with Crippen molar-refractivity contribution in [2.45, 2.75) is 26.7 Å². The lowest BCUT2D eigenvalue weighted by Crippen LogP contribution is -2.29. The number of phenols is 1. The van der Waals surface area contributed by atoms with Crippen molar-refractivity contribution in [3.63, 3.8) is 0 Å². The molecule has 0 saturated carbocycles. The molecule has 4 rings (SSSR count). The van der Waals surface area contributed by atoms with Gasteiger partial charge in [-0.1, -0.05) is 12.1 Å². The SMILES string of the molecule is Cc1coc2cc3oc(=O)c(CC(=O)NCCc4ccc(O)cc4)c(C)c3cc12. The Morgan fingerprint density at radius 1 is 1.07 bits per heavy atom. The standard InChI is InChI=1S/C23H21NO5/c1-13-12-28-20-11-21-18(9-17(13)20)14(2)19(23(27)29-21)10-22(26)24-8-7-15-3-5-16(25)6-4-15/h3-6,9,11-12,25H,7-8,10H2,1-2H3,(H,24,26). The molecule has 0 unspecified atom stereocenters. The van der Waals surface area contributed by atoms with Crippen LogP contribution >= 0.6 is 0 Å². The molecule has 2 heterocycles. The Labute approximate surface area is 166 Å². The molecule has 2 N–H and O–H groups in total. The van der Waals surface area contributed by atoms with Gasteiger partial charge in [-0.05, 0) is 55.2 Å². The van der Waals surface area contributed by atoms with Crippen molar-refractivity contribution in [1.82, 2.24) is 5.32 Å². The molecular weight excluding hydrogens is 370 g/mol. The molecular formula is C23H21NO5. The lowest BCUT2D eigenvalue weighted by atomic mass is 10.0. The molecule has 29 heavy (non-hydrogen) atoms. The van der Waals surface area contributed by atoms with E-state index in [2.05, 4.69) is 5.32 Å². The van der Waals surface area contributed by atoms with E-state index in [0.717, 1.165) is 27.5 Å². The van der Waals surface area contributed by atoms with Gasteiger partial charge < -0.3 is 19.3 Å². The largest absolute Gasteiger partial charge is 0.508 e. The highest BCUT2D eigenvalue weighted by Crippen LogP contribution is 2.28. The van der Waals surface area contributed by atoms with E-state index in [4.69, 9.17) is 8.83 Å². The molecule has 0 aliphatic heterocycles. The molecule has 1 amide bonds. The van der Waals surface area contributed by atoms with Gasteiger partial charge >= 0.3 is 5.63 Å². The summed E-state index contributed by atoms with van der Waals surface area (Å²) < 4.78 is 10.9. The summed E-state index contributed by atoms with van der Waals surface area (Å²) in [4.78, 5) is 24.8. The second-order valence-electron chi connectivity index (χ2n) is 7.20. The van der Waals surface area contributed by atoms with Crippen LogP contribution in [-0.4, -0.2) is 17.6 Å². The minimum atomic E-state index is -0.508. The summed E-state index contributed by atoms with van der Waals surface area (Å²) in [6, 6.07) is 10.5. The van der Waals surface area contributed by atoms with E-state index in [0.29, 0.717) is 29.7 Å². The number of aromatic hydroxyl groups is 1. The van der Waals surface area contributed by atoms with Crippen molar-refractivity contribution >= 4 is 27.8 Å². The maximum Gasteiger partial charge on any atom is 0.340 e. The lowest BCUT2D eigenvalue weighted by Gasteiger charge is -2.09. The molecule has 0 bridgehead atoms. The maximum absolute atomic E-state index is 12.5. The van der Waals surface area contributed by atoms with Gasteiger partial charge in [-0.15, -0.1) is 0 Å². The van der Waals surface area contributed by atoms with Crippen molar-refractivity contribution in [1.29, 1.82) is 0 Å². The van der Waals surface area contributed by atoms with E-state index in [1.807, 2.05) is 32.0 Å². The number of carbonyl (C=O) groups excluding carboxylic acids is 1. The molecule has 148 valence electrons.